The predicted molar refractivity (Wildman–Crippen MR) is 81.6 cm³/mol. The lowest BCUT2D eigenvalue weighted by Gasteiger charge is -2.26. The van der Waals surface area contributed by atoms with E-state index in [4.69, 9.17) is 0 Å². The molecule has 0 atom stereocenters. The zero-order valence-corrected chi connectivity index (χ0v) is 12.5. The van der Waals surface area contributed by atoms with Crippen molar-refractivity contribution >= 4 is 12.0 Å². The van der Waals surface area contributed by atoms with E-state index >= 15 is 0 Å². The van der Waals surface area contributed by atoms with Gasteiger partial charge in [-0.2, -0.15) is 5.26 Å². The number of phenolic OH excluding ortho intramolecular Hbond substituents is 1. The number of phenols is 1. The Kier molecular flexibility index (Phi) is 4.64. The van der Waals surface area contributed by atoms with Gasteiger partial charge in [-0.05, 0) is 68.0 Å². The molecule has 21 heavy (non-hydrogen) atoms. The highest BCUT2D eigenvalue weighted by atomic mass is 16.3. The Labute approximate surface area is 125 Å². The van der Waals surface area contributed by atoms with Crippen LogP contribution in [-0.2, 0) is 4.79 Å². The summed E-state index contributed by atoms with van der Waals surface area (Å²) in [5.41, 5.74) is 2.40. The van der Waals surface area contributed by atoms with Gasteiger partial charge < -0.3 is 10.0 Å². The normalized spacial score (nSPS) is 15.7. The summed E-state index contributed by atoms with van der Waals surface area (Å²) in [6.45, 7) is 5.06. The molecule has 1 aliphatic rings. The number of hydrogen-bond donors (Lipinski definition) is 1. The van der Waals surface area contributed by atoms with E-state index in [1.807, 2.05) is 6.07 Å². The van der Waals surface area contributed by atoms with E-state index < -0.39 is 0 Å². The van der Waals surface area contributed by atoms with E-state index in [1.165, 1.54) is 0 Å². The Bertz CT molecular complexity index is 597. The summed E-state index contributed by atoms with van der Waals surface area (Å²) >= 11 is 0. The zero-order chi connectivity index (χ0) is 15.4. The van der Waals surface area contributed by atoms with E-state index in [1.54, 1.807) is 37.0 Å². The first-order chi connectivity index (χ1) is 10.0. The molecule has 0 spiro atoms. The first-order valence-corrected chi connectivity index (χ1v) is 7.24. The number of hydrogen-bond acceptors (Lipinski definition) is 3. The molecule has 0 aliphatic carbocycles. The molecule has 0 bridgehead atoms. The predicted octanol–water partition coefficient (Wildman–Crippen LogP) is 2.93. The minimum absolute atomic E-state index is 0.154. The third kappa shape index (κ3) is 3.43. The molecule has 110 valence electrons. The van der Waals surface area contributed by atoms with Crippen molar-refractivity contribution in [2.45, 2.75) is 33.1 Å². The SMILES string of the molecule is Cc1cc(/C=C(\C#N)C(=O)N2CCCCC2)cc(C)c1O. The number of benzene rings is 1. The summed E-state index contributed by atoms with van der Waals surface area (Å²) in [6.07, 6.45) is 4.76. The Balaban J connectivity index is 2.28. The molecule has 1 fully saturated rings. The molecule has 4 heteroatoms. The molecule has 4 nitrogen and oxygen atoms in total. The van der Waals surface area contributed by atoms with Crippen LogP contribution in [0.2, 0.25) is 0 Å². The van der Waals surface area contributed by atoms with Crippen molar-refractivity contribution in [1.29, 1.82) is 5.26 Å². The van der Waals surface area contributed by atoms with Crippen molar-refractivity contribution in [3.63, 3.8) is 0 Å². The number of rotatable bonds is 2. The average Bonchev–Trinajstić information content (AvgIpc) is 2.50. The standard InChI is InChI=1S/C17H20N2O2/c1-12-8-14(9-13(2)16(12)20)10-15(11-18)17(21)19-6-4-3-5-7-19/h8-10,20H,3-7H2,1-2H3/b15-10+. The molecular formula is C17H20N2O2. The average molecular weight is 284 g/mol. The summed E-state index contributed by atoms with van der Waals surface area (Å²) in [4.78, 5) is 14.1. The van der Waals surface area contributed by atoms with Crippen LogP contribution in [0.4, 0.5) is 0 Å². The van der Waals surface area contributed by atoms with Crippen LogP contribution in [-0.4, -0.2) is 29.0 Å². The molecule has 0 aromatic heterocycles. The Morgan fingerprint density at radius 2 is 1.81 bits per heavy atom. The maximum absolute atomic E-state index is 12.4. The summed E-state index contributed by atoms with van der Waals surface area (Å²) in [5, 5.41) is 19.0. The topological polar surface area (TPSA) is 64.3 Å². The summed E-state index contributed by atoms with van der Waals surface area (Å²) in [6, 6.07) is 5.57. The van der Waals surface area contributed by atoms with Gasteiger partial charge in [0.2, 0.25) is 0 Å². The highest BCUT2D eigenvalue weighted by Crippen LogP contribution is 2.24. The van der Waals surface area contributed by atoms with Gasteiger partial charge in [0.25, 0.3) is 5.91 Å². The Morgan fingerprint density at radius 3 is 2.33 bits per heavy atom. The summed E-state index contributed by atoms with van der Waals surface area (Å²) < 4.78 is 0. The second kappa shape index (κ2) is 6.45. The fourth-order valence-corrected chi connectivity index (χ4v) is 2.65. The summed E-state index contributed by atoms with van der Waals surface area (Å²) in [5.74, 6) is 0.0635. The second-order valence-corrected chi connectivity index (χ2v) is 5.53. The molecule has 1 saturated heterocycles. The molecule has 2 rings (SSSR count). The van der Waals surface area contributed by atoms with Gasteiger partial charge in [-0.3, -0.25) is 4.79 Å². The zero-order valence-electron chi connectivity index (χ0n) is 12.5. The fourth-order valence-electron chi connectivity index (χ4n) is 2.65. The maximum atomic E-state index is 12.4. The van der Waals surface area contributed by atoms with E-state index in [-0.39, 0.29) is 17.2 Å². The van der Waals surface area contributed by atoms with Gasteiger partial charge in [0.05, 0.1) is 0 Å². The molecule has 0 saturated carbocycles. The molecule has 0 radical (unpaired) electrons. The number of aryl methyl sites for hydroxylation is 2. The maximum Gasteiger partial charge on any atom is 0.264 e. The van der Waals surface area contributed by atoms with E-state index in [0.717, 1.165) is 49.0 Å². The van der Waals surface area contributed by atoms with Crippen molar-refractivity contribution in [1.82, 2.24) is 4.90 Å². The van der Waals surface area contributed by atoms with E-state index in [0.29, 0.717) is 0 Å². The third-order valence-corrected chi connectivity index (χ3v) is 3.82. The van der Waals surface area contributed by atoms with Crippen LogP contribution in [0.3, 0.4) is 0 Å². The lowest BCUT2D eigenvalue weighted by Crippen LogP contribution is -2.36. The minimum atomic E-state index is -0.194. The minimum Gasteiger partial charge on any atom is -0.507 e. The summed E-state index contributed by atoms with van der Waals surface area (Å²) in [7, 11) is 0. The molecule has 0 unspecified atom stereocenters. The van der Waals surface area contributed by atoms with Crippen LogP contribution in [0, 0.1) is 25.2 Å². The van der Waals surface area contributed by atoms with Crippen LogP contribution >= 0.6 is 0 Å². The Hall–Kier alpha value is -2.28. The first kappa shape index (κ1) is 15.1. The van der Waals surface area contributed by atoms with E-state index in [9.17, 15) is 15.2 Å². The largest absolute Gasteiger partial charge is 0.507 e. The highest BCUT2D eigenvalue weighted by molar-refractivity contribution is 6.01. The molecule has 1 heterocycles. The number of nitriles is 1. The molecule has 1 aliphatic heterocycles. The quantitative estimate of drug-likeness (QED) is 0.671. The van der Waals surface area contributed by atoms with Crippen LogP contribution in [0.5, 0.6) is 5.75 Å². The van der Waals surface area contributed by atoms with Gasteiger partial charge in [-0.25, -0.2) is 0 Å². The number of carbonyl (C=O) groups excluding carboxylic acids is 1. The molecule has 1 aromatic rings. The van der Waals surface area contributed by atoms with Crippen molar-refractivity contribution in [2.24, 2.45) is 0 Å². The van der Waals surface area contributed by atoms with Crippen molar-refractivity contribution in [3.05, 3.63) is 34.4 Å². The van der Waals surface area contributed by atoms with Crippen molar-refractivity contribution < 1.29 is 9.90 Å². The van der Waals surface area contributed by atoms with Crippen molar-refractivity contribution in [3.8, 4) is 11.8 Å². The van der Waals surface area contributed by atoms with Gasteiger partial charge >= 0.3 is 0 Å². The van der Waals surface area contributed by atoms with Crippen LogP contribution in [0.25, 0.3) is 6.08 Å². The number of carbonyl (C=O) groups is 1. The van der Waals surface area contributed by atoms with Gasteiger partial charge in [0.1, 0.15) is 17.4 Å². The molecule has 1 amide bonds. The molecular weight excluding hydrogens is 264 g/mol. The van der Waals surface area contributed by atoms with Crippen LogP contribution in [0.1, 0.15) is 36.0 Å². The first-order valence-electron chi connectivity index (χ1n) is 7.24. The number of nitrogens with zero attached hydrogens (tertiary/aromatic N) is 2. The lowest BCUT2D eigenvalue weighted by molar-refractivity contribution is -0.127. The van der Waals surface area contributed by atoms with Gasteiger partial charge in [-0.15, -0.1) is 0 Å². The molecule has 1 N–H and O–H groups in total. The third-order valence-electron chi connectivity index (χ3n) is 3.82. The van der Waals surface area contributed by atoms with Crippen LogP contribution < -0.4 is 0 Å². The van der Waals surface area contributed by atoms with Gasteiger partial charge in [0, 0.05) is 13.1 Å². The monoisotopic (exact) mass is 284 g/mol. The van der Waals surface area contributed by atoms with Crippen LogP contribution in [0.15, 0.2) is 17.7 Å². The second-order valence-electron chi connectivity index (χ2n) is 5.53. The number of aromatic hydroxyl groups is 1. The number of likely N-dealkylation sites (tertiary alicyclic amines) is 1. The fraction of sp³-hybridized carbons (Fsp3) is 0.412. The van der Waals surface area contributed by atoms with Crippen molar-refractivity contribution in [2.75, 3.05) is 13.1 Å². The van der Waals surface area contributed by atoms with E-state index in [2.05, 4.69) is 0 Å². The smallest absolute Gasteiger partial charge is 0.264 e. The number of amides is 1. The molecule has 1 aromatic carbocycles. The highest BCUT2D eigenvalue weighted by Gasteiger charge is 2.20. The Morgan fingerprint density at radius 1 is 1.24 bits per heavy atom. The lowest BCUT2D eigenvalue weighted by atomic mass is 10.0. The van der Waals surface area contributed by atoms with Gasteiger partial charge in [-0.1, -0.05) is 0 Å². The van der Waals surface area contributed by atoms with Gasteiger partial charge in [0.15, 0.2) is 0 Å². The number of piperidine rings is 1.